The van der Waals surface area contributed by atoms with Crippen molar-refractivity contribution in [1.29, 1.82) is 0 Å². The lowest BCUT2D eigenvalue weighted by Gasteiger charge is -2.41. The third-order valence-electron chi connectivity index (χ3n) is 3.89. The molecule has 0 fully saturated rings. The van der Waals surface area contributed by atoms with E-state index < -0.39 is 0 Å². The average molecular weight is 263 g/mol. The number of nitrogens with zero attached hydrogens (tertiary/aromatic N) is 1. The van der Waals surface area contributed by atoms with E-state index in [2.05, 4.69) is 66.6 Å². The second-order valence-corrected chi connectivity index (χ2v) is 8.01. The van der Waals surface area contributed by atoms with E-state index in [-0.39, 0.29) is 10.8 Å². The predicted octanol–water partition coefficient (Wildman–Crippen LogP) is 5.74. The van der Waals surface area contributed by atoms with E-state index in [9.17, 15) is 0 Å². The number of allylic oxidation sites excluding steroid dienone is 3. The van der Waals surface area contributed by atoms with Crippen LogP contribution in [0.25, 0.3) is 0 Å². The highest BCUT2D eigenvalue weighted by molar-refractivity contribution is 5.33. The molecule has 0 aromatic carbocycles. The zero-order chi connectivity index (χ0) is 14.8. The second kappa shape index (κ2) is 5.73. The highest BCUT2D eigenvalue weighted by atomic mass is 15.1. The summed E-state index contributed by atoms with van der Waals surface area (Å²) in [5.74, 6) is 0. The summed E-state index contributed by atoms with van der Waals surface area (Å²) in [6, 6.07) is 0. The van der Waals surface area contributed by atoms with E-state index in [0.29, 0.717) is 0 Å². The van der Waals surface area contributed by atoms with Crippen molar-refractivity contribution in [2.75, 3.05) is 7.05 Å². The molecule has 0 saturated heterocycles. The molecule has 0 aliphatic carbocycles. The molecule has 1 rings (SSSR count). The number of rotatable bonds is 3. The summed E-state index contributed by atoms with van der Waals surface area (Å²) in [5.41, 5.74) is 5.20. The molecule has 1 aliphatic rings. The van der Waals surface area contributed by atoms with Gasteiger partial charge < -0.3 is 4.90 Å². The number of hydrogen-bond donors (Lipinski definition) is 0. The molecule has 0 saturated carbocycles. The Bertz CT molecular complexity index is 371. The maximum absolute atomic E-state index is 2.38. The Balaban J connectivity index is 3.13. The lowest BCUT2D eigenvalue weighted by Crippen LogP contribution is -2.31. The van der Waals surface area contributed by atoms with Crippen LogP contribution in [0.4, 0.5) is 0 Å². The van der Waals surface area contributed by atoms with Gasteiger partial charge in [-0.05, 0) is 35.8 Å². The first kappa shape index (κ1) is 16.3. The van der Waals surface area contributed by atoms with Gasteiger partial charge in [-0.3, -0.25) is 0 Å². The minimum Gasteiger partial charge on any atom is -0.354 e. The zero-order valence-corrected chi connectivity index (χ0v) is 14.4. The van der Waals surface area contributed by atoms with Crippen LogP contribution in [-0.2, 0) is 0 Å². The van der Waals surface area contributed by atoms with Gasteiger partial charge in [0.1, 0.15) is 0 Å². The maximum atomic E-state index is 2.38. The largest absolute Gasteiger partial charge is 0.354 e. The van der Waals surface area contributed by atoms with E-state index >= 15 is 0 Å². The van der Waals surface area contributed by atoms with Crippen molar-refractivity contribution in [2.45, 2.75) is 74.1 Å². The molecule has 0 radical (unpaired) electrons. The Morgan fingerprint density at radius 1 is 1.05 bits per heavy atom. The molecule has 1 nitrogen and oxygen atoms in total. The molecule has 0 unspecified atom stereocenters. The van der Waals surface area contributed by atoms with Gasteiger partial charge in [0.2, 0.25) is 0 Å². The minimum atomic E-state index is 0.212. The SMILES string of the molecule is CCCCC1=CN(C)C(C(C)(C)C)=C(C(C)(C)C)C1. The summed E-state index contributed by atoms with van der Waals surface area (Å²) in [4.78, 5) is 2.38. The quantitative estimate of drug-likeness (QED) is 0.627. The van der Waals surface area contributed by atoms with Crippen LogP contribution >= 0.6 is 0 Å². The van der Waals surface area contributed by atoms with Gasteiger partial charge in [-0.25, -0.2) is 0 Å². The van der Waals surface area contributed by atoms with Gasteiger partial charge in [-0.2, -0.15) is 0 Å². The van der Waals surface area contributed by atoms with E-state index in [4.69, 9.17) is 0 Å². The molecule has 0 aromatic heterocycles. The van der Waals surface area contributed by atoms with Crippen LogP contribution in [-0.4, -0.2) is 11.9 Å². The summed E-state index contributed by atoms with van der Waals surface area (Å²) in [6.07, 6.45) is 7.38. The average Bonchev–Trinajstić information content (AvgIpc) is 2.22. The Morgan fingerprint density at radius 2 is 1.63 bits per heavy atom. The molecule has 0 spiro atoms. The Labute approximate surface area is 120 Å². The first-order chi connectivity index (χ1) is 8.57. The van der Waals surface area contributed by atoms with Crippen molar-refractivity contribution in [3.05, 3.63) is 23.0 Å². The molecule has 19 heavy (non-hydrogen) atoms. The first-order valence-electron chi connectivity index (χ1n) is 7.74. The predicted molar refractivity (Wildman–Crippen MR) is 85.9 cm³/mol. The van der Waals surface area contributed by atoms with Gasteiger partial charge in [0.15, 0.2) is 0 Å². The van der Waals surface area contributed by atoms with Crippen molar-refractivity contribution in [2.24, 2.45) is 10.8 Å². The second-order valence-electron chi connectivity index (χ2n) is 8.01. The van der Waals surface area contributed by atoms with E-state index in [0.717, 1.165) is 0 Å². The topological polar surface area (TPSA) is 3.24 Å². The lowest BCUT2D eigenvalue weighted by molar-refractivity contribution is 0.329. The van der Waals surface area contributed by atoms with Gasteiger partial charge in [0.25, 0.3) is 0 Å². The molecule has 0 atom stereocenters. The lowest BCUT2D eigenvalue weighted by atomic mass is 9.74. The summed E-state index contributed by atoms with van der Waals surface area (Å²) in [5, 5.41) is 0. The Morgan fingerprint density at radius 3 is 2.05 bits per heavy atom. The van der Waals surface area contributed by atoms with E-state index in [1.165, 1.54) is 31.4 Å². The van der Waals surface area contributed by atoms with Crippen molar-refractivity contribution in [1.82, 2.24) is 4.90 Å². The van der Waals surface area contributed by atoms with Crippen molar-refractivity contribution < 1.29 is 0 Å². The molecule has 1 aliphatic heterocycles. The van der Waals surface area contributed by atoms with Crippen LogP contribution < -0.4 is 0 Å². The number of unbranched alkanes of at least 4 members (excludes halogenated alkanes) is 1. The summed E-state index contributed by atoms with van der Waals surface area (Å²) >= 11 is 0. The Hall–Kier alpha value is -0.720. The van der Waals surface area contributed by atoms with Crippen LogP contribution in [0.2, 0.25) is 0 Å². The molecule has 110 valence electrons. The van der Waals surface area contributed by atoms with Crippen LogP contribution in [0.15, 0.2) is 23.0 Å². The third-order valence-corrected chi connectivity index (χ3v) is 3.89. The van der Waals surface area contributed by atoms with E-state index in [1.54, 1.807) is 11.1 Å². The molecule has 0 amide bonds. The molecule has 1 heterocycles. The fraction of sp³-hybridized carbons (Fsp3) is 0.778. The summed E-state index contributed by atoms with van der Waals surface area (Å²) in [6.45, 7) is 16.3. The van der Waals surface area contributed by atoms with Gasteiger partial charge in [0.05, 0.1) is 0 Å². The summed E-state index contributed by atoms with van der Waals surface area (Å²) in [7, 11) is 2.22. The fourth-order valence-electron chi connectivity index (χ4n) is 3.07. The molecule has 0 bridgehead atoms. The van der Waals surface area contributed by atoms with Crippen LogP contribution in [0.1, 0.15) is 74.1 Å². The fourth-order valence-corrected chi connectivity index (χ4v) is 3.07. The highest BCUT2D eigenvalue weighted by Crippen LogP contribution is 2.44. The van der Waals surface area contributed by atoms with Crippen molar-refractivity contribution in [3.8, 4) is 0 Å². The molecule has 0 N–H and O–H groups in total. The van der Waals surface area contributed by atoms with Gasteiger partial charge in [-0.15, -0.1) is 0 Å². The normalized spacial score (nSPS) is 17.9. The van der Waals surface area contributed by atoms with Gasteiger partial charge >= 0.3 is 0 Å². The van der Waals surface area contributed by atoms with Crippen LogP contribution in [0, 0.1) is 10.8 Å². The van der Waals surface area contributed by atoms with Crippen molar-refractivity contribution in [3.63, 3.8) is 0 Å². The van der Waals surface area contributed by atoms with E-state index in [1.807, 2.05) is 0 Å². The molecule has 1 heteroatoms. The zero-order valence-electron chi connectivity index (χ0n) is 14.4. The molecule has 0 aromatic rings. The van der Waals surface area contributed by atoms with Crippen molar-refractivity contribution >= 4 is 0 Å². The van der Waals surface area contributed by atoms with Gasteiger partial charge in [0, 0.05) is 24.4 Å². The smallest absolute Gasteiger partial charge is 0.0225 e. The summed E-state index contributed by atoms with van der Waals surface area (Å²) < 4.78 is 0. The highest BCUT2D eigenvalue weighted by Gasteiger charge is 2.32. The molecular weight excluding hydrogens is 230 g/mol. The number of hydrogen-bond acceptors (Lipinski definition) is 1. The Kier molecular flexibility index (Phi) is 4.92. The monoisotopic (exact) mass is 263 g/mol. The maximum Gasteiger partial charge on any atom is 0.0225 e. The standard InChI is InChI=1S/C18H33N/c1-9-10-11-14-12-15(17(2,3)4)16(18(5,6)7)19(8)13-14/h13H,9-12H2,1-8H3. The van der Waals surface area contributed by atoms with Gasteiger partial charge in [-0.1, -0.05) is 54.9 Å². The molecular formula is C18H33N. The van der Waals surface area contributed by atoms with Crippen LogP contribution in [0.3, 0.4) is 0 Å². The third kappa shape index (κ3) is 4.12. The first-order valence-corrected chi connectivity index (χ1v) is 7.74. The van der Waals surface area contributed by atoms with Crippen LogP contribution in [0.5, 0.6) is 0 Å². The minimum absolute atomic E-state index is 0.212.